The van der Waals surface area contributed by atoms with Gasteiger partial charge in [-0.05, 0) is 54.8 Å². The summed E-state index contributed by atoms with van der Waals surface area (Å²) in [6, 6.07) is 19.3. The predicted molar refractivity (Wildman–Crippen MR) is 137 cm³/mol. The summed E-state index contributed by atoms with van der Waals surface area (Å²) in [5, 5.41) is 6.37. The Hall–Kier alpha value is -2.72. The Morgan fingerprint density at radius 2 is 1.66 bits per heavy atom. The maximum atomic E-state index is 13.1. The average molecular weight is 532 g/mol. The standard InChI is InChI=1S/C25H26ClN3O4S2/c26-20-8-6-19(7-9-20)25(31)27-17-22-10-11-24(34-22)35(32,33)29-14-12-21(13-15-29)28-23(30)16-18-4-2-1-3-5-18/h1-11,21H,12-17H2,(H,27,31)(H,28,30). The zero-order valence-corrected chi connectivity index (χ0v) is 21.3. The summed E-state index contributed by atoms with van der Waals surface area (Å²) in [6.45, 7) is 0.926. The number of benzene rings is 2. The molecule has 0 radical (unpaired) electrons. The van der Waals surface area contributed by atoms with Crippen LogP contribution in [0.3, 0.4) is 0 Å². The molecule has 0 spiro atoms. The second-order valence-corrected chi connectivity index (χ2v) is 12.1. The molecule has 2 aromatic carbocycles. The normalized spacial score (nSPS) is 15.0. The molecule has 10 heteroatoms. The minimum Gasteiger partial charge on any atom is -0.353 e. The minimum atomic E-state index is -3.63. The van der Waals surface area contributed by atoms with E-state index in [9.17, 15) is 18.0 Å². The first kappa shape index (κ1) is 25.4. The highest BCUT2D eigenvalue weighted by atomic mass is 35.5. The van der Waals surface area contributed by atoms with Gasteiger partial charge in [-0.2, -0.15) is 4.31 Å². The molecule has 35 heavy (non-hydrogen) atoms. The third-order valence-electron chi connectivity index (χ3n) is 5.79. The highest BCUT2D eigenvalue weighted by Crippen LogP contribution is 2.27. The lowest BCUT2D eigenvalue weighted by atomic mass is 10.1. The molecule has 0 saturated carbocycles. The van der Waals surface area contributed by atoms with Crippen LogP contribution in [0.1, 0.15) is 33.6 Å². The number of thiophene rings is 1. The van der Waals surface area contributed by atoms with E-state index in [1.807, 2.05) is 30.3 Å². The van der Waals surface area contributed by atoms with Gasteiger partial charge < -0.3 is 10.6 Å². The van der Waals surface area contributed by atoms with Gasteiger partial charge in [0.2, 0.25) is 5.91 Å². The van der Waals surface area contributed by atoms with E-state index >= 15 is 0 Å². The molecule has 0 bridgehead atoms. The van der Waals surface area contributed by atoms with Crippen molar-refractivity contribution in [3.63, 3.8) is 0 Å². The Labute approximate surface area is 214 Å². The molecule has 2 N–H and O–H groups in total. The van der Waals surface area contributed by atoms with Crippen LogP contribution >= 0.6 is 22.9 Å². The smallest absolute Gasteiger partial charge is 0.252 e. The summed E-state index contributed by atoms with van der Waals surface area (Å²) in [5.74, 6) is -0.308. The monoisotopic (exact) mass is 531 g/mol. The van der Waals surface area contributed by atoms with E-state index in [2.05, 4.69) is 10.6 Å². The van der Waals surface area contributed by atoms with Crippen LogP contribution in [0, 0.1) is 0 Å². The summed E-state index contributed by atoms with van der Waals surface area (Å²) in [7, 11) is -3.63. The fraction of sp³-hybridized carbons (Fsp3) is 0.280. The Morgan fingerprint density at radius 1 is 0.971 bits per heavy atom. The molecule has 3 aromatic rings. The van der Waals surface area contributed by atoms with Gasteiger partial charge in [-0.3, -0.25) is 9.59 Å². The van der Waals surface area contributed by atoms with Gasteiger partial charge in [0, 0.05) is 34.6 Å². The fourth-order valence-electron chi connectivity index (χ4n) is 3.89. The molecule has 7 nitrogen and oxygen atoms in total. The van der Waals surface area contributed by atoms with E-state index in [4.69, 9.17) is 11.6 Å². The predicted octanol–water partition coefficient (Wildman–Crippen LogP) is 3.84. The van der Waals surface area contributed by atoms with Crippen molar-refractivity contribution in [2.45, 2.75) is 36.1 Å². The van der Waals surface area contributed by atoms with Crippen LogP contribution in [0.2, 0.25) is 5.02 Å². The van der Waals surface area contributed by atoms with Crippen molar-refractivity contribution in [3.05, 3.63) is 87.8 Å². The van der Waals surface area contributed by atoms with Crippen LogP contribution in [-0.4, -0.2) is 43.7 Å². The Balaban J connectivity index is 1.27. The number of sulfonamides is 1. The topological polar surface area (TPSA) is 95.6 Å². The van der Waals surface area contributed by atoms with E-state index < -0.39 is 10.0 Å². The van der Waals surface area contributed by atoms with Gasteiger partial charge >= 0.3 is 0 Å². The van der Waals surface area contributed by atoms with Crippen LogP contribution in [-0.2, 0) is 27.8 Å². The fourth-order valence-corrected chi connectivity index (χ4v) is 6.94. The first-order valence-electron chi connectivity index (χ1n) is 11.3. The molecule has 0 atom stereocenters. The van der Waals surface area contributed by atoms with Gasteiger partial charge in [-0.15, -0.1) is 11.3 Å². The number of piperidine rings is 1. The Morgan fingerprint density at radius 3 is 2.34 bits per heavy atom. The van der Waals surface area contributed by atoms with E-state index in [1.54, 1.807) is 36.4 Å². The number of nitrogens with zero attached hydrogens (tertiary/aromatic N) is 1. The quantitative estimate of drug-likeness (QED) is 0.461. The molecule has 184 valence electrons. The average Bonchev–Trinajstić information content (AvgIpc) is 3.34. The number of carbonyl (C=O) groups excluding carboxylic acids is 2. The number of halogens is 1. The Bertz CT molecular complexity index is 1270. The zero-order chi connectivity index (χ0) is 24.8. The van der Waals surface area contributed by atoms with E-state index in [1.165, 1.54) is 4.31 Å². The van der Waals surface area contributed by atoms with Crippen molar-refractivity contribution in [2.24, 2.45) is 0 Å². The molecule has 1 aromatic heterocycles. The van der Waals surface area contributed by atoms with E-state index in [0.717, 1.165) is 21.8 Å². The van der Waals surface area contributed by atoms with Crippen LogP contribution in [0.5, 0.6) is 0 Å². The van der Waals surface area contributed by atoms with Gasteiger partial charge in [0.05, 0.1) is 13.0 Å². The van der Waals surface area contributed by atoms with E-state index in [0.29, 0.717) is 42.9 Å². The second kappa shape index (κ2) is 11.3. The third kappa shape index (κ3) is 6.70. The lowest BCUT2D eigenvalue weighted by Gasteiger charge is -2.31. The number of amides is 2. The molecule has 2 heterocycles. The summed E-state index contributed by atoms with van der Waals surface area (Å²) in [5.41, 5.74) is 1.43. The van der Waals surface area contributed by atoms with Crippen molar-refractivity contribution in [1.82, 2.24) is 14.9 Å². The van der Waals surface area contributed by atoms with E-state index in [-0.39, 0.29) is 28.6 Å². The molecular formula is C25H26ClN3O4S2. The molecule has 2 amide bonds. The summed E-state index contributed by atoms with van der Waals surface area (Å²) in [6.07, 6.45) is 1.44. The highest BCUT2D eigenvalue weighted by Gasteiger charge is 2.31. The number of nitrogens with one attached hydrogen (secondary N) is 2. The molecule has 0 unspecified atom stereocenters. The lowest BCUT2D eigenvalue weighted by molar-refractivity contribution is -0.121. The zero-order valence-electron chi connectivity index (χ0n) is 18.9. The van der Waals surface area contributed by atoms with Gasteiger partial charge in [-0.25, -0.2) is 8.42 Å². The molecule has 1 fully saturated rings. The van der Waals surface area contributed by atoms with Gasteiger partial charge in [0.15, 0.2) is 0 Å². The molecular weight excluding hydrogens is 506 g/mol. The summed E-state index contributed by atoms with van der Waals surface area (Å²) >= 11 is 7.00. The van der Waals surface area contributed by atoms with Crippen LogP contribution in [0.15, 0.2) is 70.9 Å². The molecule has 1 aliphatic heterocycles. The van der Waals surface area contributed by atoms with Crippen molar-refractivity contribution >= 4 is 44.8 Å². The highest BCUT2D eigenvalue weighted by molar-refractivity contribution is 7.91. The van der Waals surface area contributed by atoms with Crippen LogP contribution < -0.4 is 10.6 Å². The number of hydrogen-bond donors (Lipinski definition) is 2. The van der Waals surface area contributed by atoms with Crippen LogP contribution in [0.25, 0.3) is 0 Å². The van der Waals surface area contributed by atoms with Crippen molar-refractivity contribution in [3.8, 4) is 0 Å². The van der Waals surface area contributed by atoms with Gasteiger partial charge in [-0.1, -0.05) is 41.9 Å². The number of rotatable bonds is 8. The summed E-state index contributed by atoms with van der Waals surface area (Å²) in [4.78, 5) is 25.3. The van der Waals surface area contributed by atoms with Crippen molar-refractivity contribution in [2.75, 3.05) is 13.1 Å². The number of hydrogen-bond acceptors (Lipinski definition) is 5. The molecule has 4 rings (SSSR count). The Kier molecular flexibility index (Phi) is 8.22. The van der Waals surface area contributed by atoms with Gasteiger partial charge in [0.1, 0.15) is 4.21 Å². The molecule has 1 saturated heterocycles. The maximum Gasteiger partial charge on any atom is 0.252 e. The SMILES string of the molecule is O=C(Cc1ccccc1)NC1CCN(S(=O)(=O)c2ccc(CNC(=O)c3ccc(Cl)cc3)s2)CC1. The first-order valence-corrected chi connectivity index (χ1v) is 13.9. The largest absolute Gasteiger partial charge is 0.353 e. The van der Waals surface area contributed by atoms with Crippen molar-refractivity contribution in [1.29, 1.82) is 0 Å². The summed E-state index contributed by atoms with van der Waals surface area (Å²) < 4.78 is 27.9. The van der Waals surface area contributed by atoms with Crippen molar-refractivity contribution < 1.29 is 18.0 Å². The maximum absolute atomic E-state index is 13.1. The number of carbonyl (C=O) groups is 2. The third-order valence-corrected chi connectivity index (χ3v) is 9.49. The first-order chi connectivity index (χ1) is 16.8. The minimum absolute atomic E-state index is 0.0420. The van der Waals surface area contributed by atoms with Gasteiger partial charge in [0.25, 0.3) is 15.9 Å². The molecule has 1 aliphatic rings. The second-order valence-electron chi connectivity index (χ2n) is 8.32. The molecule has 0 aliphatic carbocycles. The van der Waals surface area contributed by atoms with Crippen LogP contribution in [0.4, 0.5) is 0 Å². The lowest BCUT2D eigenvalue weighted by Crippen LogP contribution is -2.46.